The minimum absolute atomic E-state index is 0. The van der Waals surface area contributed by atoms with Gasteiger partial charge in [0.25, 0.3) is 6.33 Å². The van der Waals surface area contributed by atoms with Crippen molar-refractivity contribution in [1.29, 1.82) is 5.26 Å². The van der Waals surface area contributed by atoms with Gasteiger partial charge in [-0.1, -0.05) is 37.3 Å². The molecule has 2 N–H and O–H groups in total. The van der Waals surface area contributed by atoms with E-state index in [2.05, 4.69) is 16.5 Å². The number of carbonyl (C=O) groups excluding carboxylic acids is 2. The smallest absolute Gasteiger partial charge is 0.416 e. The SMILES string of the molecule is CNCC(=O)OCc1cccc(C)c1N(C)C(=O)OC(C)[n+]1cnn(CC(O)(c2cc(F)ccc2F)C(C)c2nc(-c3ccc(C#N)cc3)cs2)c1.Cl.[I-]. The van der Waals surface area contributed by atoms with Gasteiger partial charge in [0.1, 0.15) is 30.4 Å². The molecule has 3 unspecified atom stereocenters. The number of esters is 1. The number of halogens is 4. The second-order valence-electron chi connectivity index (χ2n) is 12.2. The normalized spacial score (nSPS) is 12.9. The van der Waals surface area contributed by atoms with Gasteiger partial charge in [-0.3, -0.25) is 9.69 Å². The van der Waals surface area contributed by atoms with Crippen molar-refractivity contribution in [1.82, 2.24) is 20.1 Å². The number of benzene rings is 3. The molecule has 0 fully saturated rings. The van der Waals surface area contributed by atoms with Crippen LogP contribution in [0, 0.1) is 29.9 Å². The van der Waals surface area contributed by atoms with Crippen molar-refractivity contribution in [2.24, 2.45) is 0 Å². The minimum Gasteiger partial charge on any atom is -1.00 e. The Morgan fingerprint density at radius 1 is 1.17 bits per heavy atom. The predicted octanol–water partition coefficient (Wildman–Crippen LogP) is 2.92. The lowest BCUT2D eigenvalue weighted by Gasteiger charge is -2.32. The lowest BCUT2D eigenvalue weighted by molar-refractivity contribution is -0.753. The summed E-state index contributed by atoms with van der Waals surface area (Å²) in [6.45, 7) is 4.80. The number of aryl methyl sites for hydroxylation is 1. The van der Waals surface area contributed by atoms with Crippen LogP contribution < -0.4 is 38.8 Å². The average molecular weight is 894 g/mol. The van der Waals surface area contributed by atoms with E-state index in [9.17, 15) is 19.1 Å². The molecule has 0 bridgehead atoms. The maximum Gasteiger partial charge on any atom is 0.416 e. The van der Waals surface area contributed by atoms with Gasteiger partial charge in [0.2, 0.25) is 12.6 Å². The van der Waals surface area contributed by atoms with Gasteiger partial charge in [0.05, 0.1) is 34.6 Å². The highest BCUT2D eigenvalue weighted by molar-refractivity contribution is 7.10. The van der Waals surface area contributed by atoms with E-state index in [0.29, 0.717) is 27.5 Å². The first-order valence-electron chi connectivity index (χ1n) is 16.2. The van der Waals surface area contributed by atoms with Crippen molar-refractivity contribution in [3.8, 4) is 17.3 Å². The molecule has 54 heavy (non-hydrogen) atoms. The molecule has 0 saturated heterocycles. The Morgan fingerprint density at radius 3 is 2.57 bits per heavy atom. The fraction of sp³-hybridized carbons (Fsp3) is 0.297. The number of hydrogen-bond acceptors (Lipinski definition) is 10. The number of aliphatic hydroxyl groups is 1. The van der Waals surface area contributed by atoms with Gasteiger partial charge in [0.15, 0.2) is 0 Å². The fourth-order valence-electron chi connectivity index (χ4n) is 5.73. The molecule has 2 aromatic heterocycles. The van der Waals surface area contributed by atoms with Crippen molar-refractivity contribution in [3.05, 3.63) is 118 Å². The predicted molar refractivity (Wildman–Crippen MR) is 195 cm³/mol. The molecule has 0 aliphatic carbocycles. The van der Waals surface area contributed by atoms with E-state index in [1.165, 1.54) is 38.1 Å². The third kappa shape index (κ3) is 9.95. The van der Waals surface area contributed by atoms with Crippen molar-refractivity contribution in [2.75, 3.05) is 25.5 Å². The lowest BCUT2D eigenvalue weighted by Crippen LogP contribution is -3.00. The first-order chi connectivity index (χ1) is 24.8. The summed E-state index contributed by atoms with van der Waals surface area (Å²) < 4.78 is 43.8. The average Bonchev–Trinajstić information content (AvgIpc) is 3.82. The maximum atomic E-state index is 15.4. The molecule has 1 amide bonds. The number of amides is 1. The van der Waals surface area contributed by atoms with E-state index in [4.69, 9.17) is 19.7 Å². The van der Waals surface area contributed by atoms with E-state index in [1.807, 2.05) is 13.0 Å². The topological polar surface area (TPSA) is 146 Å². The largest absolute Gasteiger partial charge is 1.00 e. The highest BCUT2D eigenvalue weighted by atomic mass is 127. The van der Waals surface area contributed by atoms with E-state index >= 15 is 4.39 Å². The summed E-state index contributed by atoms with van der Waals surface area (Å²) in [5, 5.41) is 30.8. The number of para-hydroxylation sites is 1. The molecular formula is C37H39ClF2IN7O5S. The second-order valence-corrected chi connectivity index (χ2v) is 13.1. The molecule has 12 nitrogen and oxygen atoms in total. The molecule has 5 aromatic rings. The maximum absolute atomic E-state index is 15.4. The van der Waals surface area contributed by atoms with E-state index < -0.39 is 41.4 Å². The summed E-state index contributed by atoms with van der Waals surface area (Å²) in [6.07, 6.45) is 1.29. The van der Waals surface area contributed by atoms with Crippen molar-refractivity contribution in [3.63, 3.8) is 0 Å². The quantitative estimate of drug-likeness (QED) is 0.104. The van der Waals surface area contributed by atoms with Gasteiger partial charge in [-0.25, -0.2) is 18.6 Å². The number of nitrogens with zero attached hydrogens (tertiary/aromatic N) is 6. The number of thiazole rings is 1. The molecule has 3 aromatic carbocycles. The Balaban J connectivity index is 0.00000392. The van der Waals surface area contributed by atoms with Gasteiger partial charge in [-0.15, -0.1) is 28.4 Å². The summed E-state index contributed by atoms with van der Waals surface area (Å²) in [4.78, 5) is 31.3. The van der Waals surface area contributed by atoms with E-state index in [0.717, 1.165) is 29.3 Å². The van der Waals surface area contributed by atoms with Crippen molar-refractivity contribution in [2.45, 2.75) is 51.7 Å². The first-order valence-corrected chi connectivity index (χ1v) is 17.1. The molecule has 2 heterocycles. The van der Waals surface area contributed by atoms with Gasteiger partial charge in [0, 0.05) is 47.1 Å². The summed E-state index contributed by atoms with van der Waals surface area (Å²) in [7, 11) is 3.18. The molecule has 0 aliphatic heterocycles. The summed E-state index contributed by atoms with van der Waals surface area (Å²) in [5.74, 6) is -2.82. The molecule has 0 spiro atoms. The van der Waals surface area contributed by atoms with Crippen LogP contribution in [0.3, 0.4) is 0 Å². The van der Waals surface area contributed by atoms with Gasteiger partial charge in [-0.2, -0.15) is 9.83 Å². The molecule has 0 saturated carbocycles. The summed E-state index contributed by atoms with van der Waals surface area (Å²) >= 11 is 1.25. The number of carbonyl (C=O) groups is 2. The van der Waals surface area contributed by atoms with Gasteiger partial charge in [-0.05, 0) is 49.9 Å². The van der Waals surface area contributed by atoms with Gasteiger partial charge < -0.3 is 43.9 Å². The lowest BCUT2D eigenvalue weighted by atomic mass is 9.82. The highest BCUT2D eigenvalue weighted by Crippen LogP contribution is 2.41. The number of nitrogens with one attached hydrogen (secondary N) is 1. The molecule has 17 heteroatoms. The zero-order valence-electron chi connectivity index (χ0n) is 30.0. The second kappa shape index (κ2) is 19.2. The highest BCUT2D eigenvalue weighted by Gasteiger charge is 2.43. The Bertz CT molecular complexity index is 2110. The fourth-order valence-corrected chi connectivity index (χ4v) is 6.70. The van der Waals surface area contributed by atoms with Crippen LogP contribution >= 0.6 is 23.7 Å². The Labute approximate surface area is 338 Å². The Kier molecular flexibility index (Phi) is 15.6. The Hall–Kier alpha value is -4.54. The summed E-state index contributed by atoms with van der Waals surface area (Å²) in [5.41, 5.74) is 1.44. The third-order valence-corrected chi connectivity index (χ3v) is 9.68. The van der Waals surface area contributed by atoms with Gasteiger partial charge >= 0.3 is 12.1 Å². The number of likely N-dealkylation sites (N-methyl/N-ethyl adjacent to an activating group) is 1. The summed E-state index contributed by atoms with van der Waals surface area (Å²) in [6, 6.07) is 17.2. The van der Waals surface area contributed by atoms with Crippen LogP contribution in [0.4, 0.5) is 19.3 Å². The van der Waals surface area contributed by atoms with Crippen LogP contribution in [0.2, 0.25) is 0 Å². The first kappa shape index (κ1) is 43.9. The number of ether oxygens (including phenoxy) is 2. The third-order valence-electron chi connectivity index (χ3n) is 8.65. The van der Waals surface area contributed by atoms with E-state index in [1.54, 1.807) is 69.7 Å². The number of hydrogen-bond donors (Lipinski definition) is 2. The molecule has 5 rings (SSSR count). The molecule has 3 atom stereocenters. The van der Waals surface area contributed by atoms with Crippen molar-refractivity contribution < 1.29 is 61.5 Å². The van der Waals surface area contributed by atoms with Crippen LogP contribution in [0.5, 0.6) is 0 Å². The molecule has 286 valence electrons. The van der Waals surface area contributed by atoms with Crippen LogP contribution in [-0.4, -0.2) is 52.6 Å². The number of aromatic nitrogens is 4. The van der Waals surface area contributed by atoms with Crippen molar-refractivity contribution >= 4 is 41.5 Å². The molecule has 0 aliphatic rings. The number of rotatable bonds is 13. The standard InChI is InChI=1S/C37H38F2N7O5S.ClH.HI/c1-23-7-6-8-28(18-50-33(47)17-41-4)34(23)44(5)36(48)51-25(3)45-21-42-46(22-45)20-37(49,30-15-29(38)13-14-31(30)39)24(2)35-43-32(19-52-35)27-11-9-26(16-40)10-12-27;;/h6-15,19,21-22,24-25,41,49H,17-18,20H2,1-5H3;2*1H/q+1;;/p-1. The minimum atomic E-state index is -2.03. The number of anilines is 1. The van der Waals surface area contributed by atoms with Crippen LogP contribution in [0.25, 0.3) is 11.3 Å². The zero-order chi connectivity index (χ0) is 37.6. The van der Waals surface area contributed by atoms with E-state index in [-0.39, 0.29) is 61.6 Å². The molecular weight excluding hydrogens is 855 g/mol. The van der Waals surface area contributed by atoms with Crippen LogP contribution in [-0.2, 0) is 33.0 Å². The van der Waals surface area contributed by atoms with Crippen LogP contribution in [0.15, 0.2) is 78.7 Å². The Morgan fingerprint density at radius 2 is 1.89 bits per heavy atom. The van der Waals surface area contributed by atoms with Crippen LogP contribution in [0.1, 0.15) is 53.3 Å². The zero-order valence-corrected chi connectivity index (χ0v) is 33.8. The molecule has 0 radical (unpaired) electrons. The number of nitriles is 1. The monoisotopic (exact) mass is 893 g/mol.